The van der Waals surface area contributed by atoms with Crippen LogP contribution in [0.2, 0.25) is 0 Å². The van der Waals surface area contributed by atoms with Gasteiger partial charge in [-0.1, -0.05) is 13.8 Å². The van der Waals surface area contributed by atoms with Crippen LogP contribution in [0.25, 0.3) is 0 Å². The third-order valence-electron chi connectivity index (χ3n) is 2.70. The van der Waals surface area contributed by atoms with E-state index in [1.807, 2.05) is 13.8 Å². The summed E-state index contributed by atoms with van der Waals surface area (Å²) in [4.78, 5) is 11.2. The molecule has 0 aromatic heterocycles. The molecule has 0 unspecified atom stereocenters. The van der Waals surface area contributed by atoms with Crippen molar-refractivity contribution >= 4 is 21.7 Å². The zero-order valence-electron chi connectivity index (χ0n) is 12.0. The van der Waals surface area contributed by atoms with Crippen LogP contribution in [0.15, 0.2) is 23.1 Å². The second-order valence-electron chi connectivity index (χ2n) is 5.07. The van der Waals surface area contributed by atoms with Gasteiger partial charge in [0.2, 0.25) is 10.0 Å². The number of hydrogen-bond acceptors (Lipinski definition) is 4. The number of nitrogens with one attached hydrogen (secondary N) is 1. The van der Waals surface area contributed by atoms with Gasteiger partial charge in [-0.25, -0.2) is 17.5 Å². The number of carboxylic acids is 1. The minimum Gasteiger partial charge on any atom is -0.478 e. The second-order valence-corrected chi connectivity index (χ2v) is 7.23. The predicted octanol–water partition coefficient (Wildman–Crippen LogP) is 1.70. The van der Waals surface area contributed by atoms with Gasteiger partial charge in [0.25, 0.3) is 0 Å². The zero-order valence-corrected chi connectivity index (χ0v) is 12.9. The maximum Gasteiger partial charge on any atom is 0.337 e. The number of rotatable bonds is 6. The Morgan fingerprint density at radius 3 is 2.40 bits per heavy atom. The van der Waals surface area contributed by atoms with E-state index in [1.165, 1.54) is 32.3 Å². The van der Waals surface area contributed by atoms with Crippen molar-refractivity contribution < 1.29 is 18.3 Å². The SMILES string of the molecule is CC(C)CNc1ccc(S(=O)(=O)N(C)C)cc1C(=O)O. The van der Waals surface area contributed by atoms with E-state index in [-0.39, 0.29) is 10.5 Å². The Kier molecular flexibility index (Phi) is 5.13. The van der Waals surface area contributed by atoms with Crippen LogP contribution in [0.1, 0.15) is 24.2 Å². The van der Waals surface area contributed by atoms with Crippen molar-refractivity contribution in [2.75, 3.05) is 26.0 Å². The minimum atomic E-state index is -3.64. The number of hydrogen-bond donors (Lipinski definition) is 2. The van der Waals surface area contributed by atoms with Crippen LogP contribution in [-0.2, 0) is 10.0 Å². The summed E-state index contributed by atoms with van der Waals surface area (Å²) in [5.74, 6) is -0.811. The molecule has 0 saturated heterocycles. The maximum absolute atomic E-state index is 12.0. The predicted molar refractivity (Wildman–Crippen MR) is 77.6 cm³/mol. The molecule has 0 amide bonds. The molecule has 1 aromatic carbocycles. The topological polar surface area (TPSA) is 86.7 Å². The molecule has 0 fully saturated rings. The highest BCUT2D eigenvalue weighted by molar-refractivity contribution is 7.89. The van der Waals surface area contributed by atoms with Gasteiger partial charge in [0.15, 0.2) is 0 Å². The number of carbonyl (C=O) groups is 1. The average molecular weight is 300 g/mol. The number of sulfonamides is 1. The summed E-state index contributed by atoms with van der Waals surface area (Å²) in [5.41, 5.74) is 0.373. The smallest absolute Gasteiger partial charge is 0.337 e. The highest BCUT2D eigenvalue weighted by Crippen LogP contribution is 2.22. The molecular weight excluding hydrogens is 280 g/mol. The summed E-state index contributed by atoms with van der Waals surface area (Å²) in [7, 11) is -0.832. The monoisotopic (exact) mass is 300 g/mol. The number of nitrogens with zero attached hydrogens (tertiary/aromatic N) is 1. The summed E-state index contributed by atoms with van der Waals surface area (Å²) in [6, 6.07) is 4.08. The summed E-state index contributed by atoms with van der Waals surface area (Å²) < 4.78 is 25.0. The Bertz CT molecular complexity index is 594. The molecule has 7 heteroatoms. The fourth-order valence-electron chi connectivity index (χ4n) is 1.54. The van der Waals surface area contributed by atoms with E-state index in [0.717, 1.165) is 4.31 Å². The number of anilines is 1. The van der Waals surface area contributed by atoms with Crippen LogP contribution < -0.4 is 5.32 Å². The van der Waals surface area contributed by atoms with Gasteiger partial charge in [0.05, 0.1) is 10.5 Å². The zero-order chi connectivity index (χ0) is 15.5. The van der Waals surface area contributed by atoms with Gasteiger partial charge in [-0.05, 0) is 24.1 Å². The normalized spacial score (nSPS) is 11.9. The van der Waals surface area contributed by atoms with Crippen molar-refractivity contribution in [2.24, 2.45) is 5.92 Å². The molecule has 0 aliphatic heterocycles. The fourth-order valence-corrected chi connectivity index (χ4v) is 2.47. The Morgan fingerprint density at radius 2 is 1.95 bits per heavy atom. The van der Waals surface area contributed by atoms with E-state index in [1.54, 1.807) is 0 Å². The van der Waals surface area contributed by atoms with E-state index in [0.29, 0.717) is 18.2 Å². The summed E-state index contributed by atoms with van der Waals surface area (Å²) >= 11 is 0. The second kappa shape index (κ2) is 6.23. The van der Waals surface area contributed by atoms with Crippen LogP contribution >= 0.6 is 0 Å². The molecule has 0 saturated carbocycles. The van der Waals surface area contributed by atoms with E-state index >= 15 is 0 Å². The van der Waals surface area contributed by atoms with Crippen LogP contribution in [0.5, 0.6) is 0 Å². The highest BCUT2D eigenvalue weighted by Gasteiger charge is 2.20. The molecule has 2 N–H and O–H groups in total. The van der Waals surface area contributed by atoms with Crippen molar-refractivity contribution in [2.45, 2.75) is 18.7 Å². The molecule has 20 heavy (non-hydrogen) atoms. The lowest BCUT2D eigenvalue weighted by atomic mass is 10.1. The van der Waals surface area contributed by atoms with Gasteiger partial charge in [-0.2, -0.15) is 0 Å². The third-order valence-corrected chi connectivity index (χ3v) is 4.51. The number of carboxylic acid groups (broad SMARTS) is 1. The first-order valence-corrected chi connectivity index (χ1v) is 7.64. The largest absolute Gasteiger partial charge is 0.478 e. The first-order valence-electron chi connectivity index (χ1n) is 6.20. The molecule has 0 bridgehead atoms. The van der Waals surface area contributed by atoms with Crippen molar-refractivity contribution in [3.8, 4) is 0 Å². The Morgan fingerprint density at radius 1 is 1.35 bits per heavy atom. The molecule has 6 nitrogen and oxygen atoms in total. The third kappa shape index (κ3) is 3.71. The molecule has 0 atom stereocenters. The lowest BCUT2D eigenvalue weighted by Crippen LogP contribution is -2.22. The van der Waals surface area contributed by atoms with Gasteiger partial charge < -0.3 is 10.4 Å². The van der Waals surface area contributed by atoms with E-state index in [2.05, 4.69) is 5.32 Å². The van der Waals surface area contributed by atoms with Crippen LogP contribution in [0.4, 0.5) is 5.69 Å². The summed E-state index contributed by atoms with van der Waals surface area (Å²) in [6.07, 6.45) is 0. The lowest BCUT2D eigenvalue weighted by molar-refractivity contribution is 0.0697. The quantitative estimate of drug-likeness (QED) is 0.835. The standard InChI is InChI=1S/C13H20N2O4S/c1-9(2)8-14-12-6-5-10(7-11(12)13(16)17)20(18,19)15(3)4/h5-7,9,14H,8H2,1-4H3,(H,16,17). The van der Waals surface area contributed by atoms with Crippen LogP contribution in [0.3, 0.4) is 0 Å². The van der Waals surface area contributed by atoms with Crippen molar-refractivity contribution in [1.29, 1.82) is 0 Å². The Labute approximate surface area is 119 Å². The molecular formula is C13H20N2O4S. The molecule has 0 aliphatic rings. The molecule has 1 aromatic rings. The summed E-state index contributed by atoms with van der Waals surface area (Å²) in [6.45, 7) is 4.61. The molecule has 0 heterocycles. The van der Waals surface area contributed by atoms with Crippen molar-refractivity contribution in [3.05, 3.63) is 23.8 Å². The van der Waals surface area contributed by atoms with Crippen LogP contribution in [-0.4, -0.2) is 44.4 Å². The van der Waals surface area contributed by atoms with E-state index in [9.17, 15) is 18.3 Å². The fraction of sp³-hybridized carbons (Fsp3) is 0.462. The van der Waals surface area contributed by atoms with Gasteiger partial charge in [0, 0.05) is 26.3 Å². The van der Waals surface area contributed by atoms with E-state index < -0.39 is 16.0 Å². The number of aromatic carboxylic acids is 1. The minimum absolute atomic E-state index is 0.0324. The van der Waals surface area contributed by atoms with Gasteiger partial charge in [-0.3, -0.25) is 0 Å². The van der Waals surface area contributed by atoms with Crippen molar-refractivity contribution in [3.63, 3.8) is 0 Å². The first-order chi connectivity index (χ1) is 9.16. The van der Waals surface area contributed by atoms with Gasteiger partial charge in [-0.15, -0.1) is 0 Å². The van der Waals surface area contributed by atoms with Crippen molar-refractivity contribution in [1.82, 2.24) is 4.31 Å². The average Bonchev–Trinajstić information content (AvgIpc) is 2.35. The van der Waals surface area contributed by atoms with Gasteiger partial charge in [0.1, 0.15) is 0 Å². The molecule has 0 aliphatic carbocycles. The molecule has 1 rings (SSSR count). The molecule has 0 radical (unpaired) electrons. The lowest BCUT2D eigenvalue weighted by Gasteiger charge is -2.15. The van der Waals surface area contributed by atoms with Crippen LogP contribution in [0, 0.1) is 5.92 Å². The van der Waals surface area contributed by atoms with Gasteiger partial charge >= 0.3 is 5.97 Å². The highest BCUT2D eigenvalue weighted by atomic mass is 32.2. The Hall–Kier alpha value is -1.60. The first kappa shape index (κ1) is 16.5. The van der Waals surface area contributed by atoms with E-state index in [4.69, 9.17) is 0 Å². The Balaban J connectivity index is 3.24. The molecule has 112 valence electrons. The molecule has 0 spiro atoms. The summed E-state index contributed by atoms with van der Waals surface area (Å²) in [5, 5.41) is 12.2. The maximum atomic E-state index is 12.0. The number of benzene rings is 1.